The van der Waals surface area contributed by atoms with E-state index in [1.54, 1.807) is 0 Å². The van der Waals surface area contributed by atoms with Crippen LogP contribution in [0.25, 0.3) is 0 Å². The molecule has 2 fully saturated rings. The van der Waals surface area contributed by atoms with Gasteiger partial charge in [0.25, 0.3) is 0 Å². The molecule has 1 aromatic carbocycles. The molecule has 0 N–H and O–H groups in total. The van der Waals surface area contributed by atoms with Crippen LogP contribution in [0.4, 0.5) is 0 Å². The maximum atomic E-state index is 12.2. The van der Waals surface area contributed by atoms with E-state index in [0.29, 0.717) is 12.5 Å². The molecule has 0 spiro atoms. The fourth-order valence-corrected chi connectivity index (χ4v) is 3.55. The van der Waals surface area contributed by atoms with Crippen molar-refractivity contribution < 1.29 is 4.79 Å². The third kappa shape index (κ3) is 4.07. The number of nitrogens with zero attached hydrogens (tertiary/aromatic N) is 2. The summed E-state index contributed by atoms with van der Waals surface area (Å²) >= 11 is 0. The van der Waals surface area contributed by atoms with Gasteiger partial charge in [0.2, 0.25) is 5.91 Å². The third-order valence-corrected chi connectivity index (χ3v) is 4.89. The molecule has 0 aliphatic carbocycles. The van der Waals surface area contributed by atoms with Crippen molar-refractivity contribution in [1.82, 2.24) is 9.80 Å². The van der Waals surface area contributed by atoms with Crippen molar-refractivity contribution in [3.8, 4) is 0 Å². The van der Waals surface area contributed by atoms with Crippen molar-refractivity contribution in [3.05, 3.63) is 35.9 Å². The largest absolute Gasteiger partial charge is 0.342 e. The summed E-state index contributed by atoms with van der Waals surface area (Å²) in [5, 5.41) is 0. The number of amides is 1. The molecule has 0 bridgehead atoms. The minimum Gasteiger partial charge on any atom is -0.342 e. The number of carbonyl (C=O) groups excluding carboxylic acids is 1. The second-order valence-corrected chi connectivity index (χ2v) is 6.50. The van der Waals surface area contributed by atoms with Crippen molar-refractivity contribution >= 4 is 5.91 Å². The van der Waals surface area contributed by atoms with E-state index >= 15 is 0 Å². The third-order valence-electron chi connectivity index (χ3n) is 4.89. The molecule has 0 aromatic heterocycles. The van der Waals surface area contributed by atoms with Crippen molar-refractivity contribution in [2.45, 2.75) is 32.1 Å². The predicted molar refractivity (Wildman–Crippen MR) is 85.1 cm³/mol. The topological polar surface area (TPSA) is 23.6 Å². The van der Waals surface area contributed by atoms with E-state index in [9.17, 15) is 4.79 Å². The molecule has 2 saturated heterocycles. The minimum absolute atomic E-state index is 0.342. The number of benzene rings is 1. The summed E-state index contributed by atoms with van der Waals surface area (Å²) in [6, 6.07) is 10.8. The summed E-state index contributed by atoms with van der Waals surface area (Å²) in [5.41, 5.74) is 1.45. The second kappa shape index (κ2) is 7.08. The lowest BCUT2D eigenvalue weighted by molar-refractivity contribution is -0.131. The van der Waals surface area contributed by atoms with Gasteiger partial charge < -0.3 is 4.90 Å². The molecule has 3 rings (SSSR count). The molecular weight excluding hydrogens is 260 g/mol. The zero-order chi connectivity index (χ0) is 14.5. The van der Waals surface area contributed by atoms with E-state index < -0.39 is 0 Å². The van der Waals surface area contributed by atoms with Crippen molar-refractivity contribution in [1.29, 1.82) is 0 Å². The van der Waals surface area contributed by atoms with Gasteiger partial charge in [0.15, 0.2) is 0 Å². The van der Waals surface area contributed by atoms with E-state index in [2.05, 4.69) is 35.2 Å². The van der Waals surface area contributed by atoms with E-state index in [0.717, 1.165) is 32.1 Å². The average molecular weight is 286 g/mol. The molecule has 0 saturated carbocycles. The summed E-state index contributed by atoms with van der Waals surface area (Å²) < 4.78 is 0. The molecule has 1 amide bonds. The van der Waals surface area contributed by atoms with Crippen molar-refractivity contribution in [2.24, 2.45) is 5.92 Å². The fourth-order valence-electron chi connectivity index (χ4n) is 3.55. The molecule has 0 atom stereocenters. The monoisotopic (exact) mass is 286 g/mol. The van der Waals surface area contributed by atoms with Gasteiger partial charge in [0.05, 0.1) is 6.54 Å². The van der Waals surface area contributed by atoms with Crippen LogP contribution in [-0.2, 0) is 11.2 Å². The fraction of sp³-hybridized carbons (Fsp3) is 0.611. The number of carbonyl (C=O) groups is 1. The molecular formula is C18H26N2O. The molecule has 0 radical (unpaired) electrons. The van der Waals surface area contributed by atoms with Crippen LogP contribution in [0.5, 0.6) is 0 Å². The Bertz CT molecular complexity index is 446. The standard InChI is InChI=1S/C18H26N2O/c21-18(20-10-4-5-11-20)15-19-12-8-17(9-13-19)14-16-6-2-1-3-7-16/h1-3,6-7,17H,4-5,8-15H2. The van der Waals surface area contributed by atoms with Gasteiger partial charge in [-0.3, -0.25) is 9.69 Å². The van der Waals surface area contributed by atoms with Crippen molar-refractivity contribution in [2.75, 3.05) is 32.7 Å². The zero-order valence-electron chi connectivity index (χ0n) is 12.8. The molecule has 0 unspecified atom stereocenters. The Kier molecular flexibility index (Phi) is 4.91. The quantitative estimate of drug-likeness (QED) is 0.849. The molecule has 2 aliphatic heterocycles. The van der Waals surface area contributed by atoms with E-state index in [4.69, 9.17) is 0 Å². The normalized spacial score (nSPS) is 20.9. The van der Waals surface area contributed by atoms with Gasteiger partial charge in [-0.25, -0.2) is 0 Å². The Morgan fingerprint density at radius 3 is 2.33 bits per heavy atom. The van der Waals surface area contributed by atoms with E-state index in [-0.39, 0.29) is 0 Å². The number of rotatable bonds is 4. The van der Waals surface area contributed by atoms with E-state index in [1.807, 2.05) is 4.90 Å². The number of likely N-dealkylation sites (tertiary alicyclic amines) is 2. The molecule has 114 valence electrons. The maximum Gasteiger partial charge on any atom is 0.236 e. The van der Waals surface area contributed by atoms with Gasteiger partial charge in [0.1, 0.15) is 0 Å². The van der Waals surface area contributed by atoms with Gasteiger partial charge in [-0.2, -0.15) is 0 Å². The van der Waals surface area contributed by atoms with Gasteiger partial charge in [-0.15, -0.1) is 0 Å². The minimum atomic E-state index is 0.342. The highest BCUT2D eigenvalue weighted by atomic mass is 16.2. The molecule has 3 nitrogen and oxygen atoms in total. The summed E-state index contributed by atoms with van der Waals surface area (Å²) in [5.74, 6) is 1.12. The smallest absolute Gasteiger partial charge is 0.236 e. The molecule has 2 heterocycles. The van der Waals surface area contributed by atoms with Crippen molar-refractivity contribution in [3.63, 3.8) is 0 Å². The summed E-state index contributed by atoms with van der Waals surface area (Å²) in [6.45, 7) is 4.75. The van der Waals surface area contributed by atoms with Gasteiger partial charge in [-0.1, -0.05) is 30.3 Å². The molecule has 21 heavy (non-hydrogen) atoms. The lowest BCUT2D eigenvalue weighted by Crippen LogP contribution is -2.42. The van der Waals surface area contributed by atoms with Crippen LogP contribution in [0, 0.1) is 5.92 Å². The zero-order valence-corrected chi connectivity index (χ0v) is 12.8. The van der Waals surface area contributed by atoms with Crippen LogP contribution < -0.4 is 0 Å². The Hall–Kier alpha value is -1.35. The molecule has 1 aromatic rings. The first-order chi connectivity index (χ1) is 10.3. The van der Waals surface area contributed by atoms with Gasteiger partial charge in [0, 0.05) is 13.1 Å². The first-order valence-corrected chi connectivity index (χ1v) is 8.35. The number of hydrogen-bond acceptors (Lipinski definition) is 2. The highest BCUT2D eigenvalue weighted by Crippen LogP contribution is 2.21. The summed E-state index contributed by atoms with van der Waals surface area (Å²) in [4.78, 5) is 16.6. The van der Waals surface area contributed by atoms with Crippen LogP contribution in [0.1, 0.15) is 31.2 Å². The van der Waals surface area contributed by atoms with Gasteiger partial charge in [-0.05, 0) is 56.7 Å². The molecule has 3 heteroatoms. The first-order valence-electron chi connectivity index (χ1n) is 8.35. The Labute approximate surface area is 127 Å². The second-order valence-electron chi connectivity index (χ2n) is 6.50. The van der Waals surface area contributed by atoms with Crippen LogP contribution in [0.15, 0.2) is 30.3 Å². The highest BCUT2D eigenvalue weighted by Gasteiger charge is 2.24. The average Bonchev–Trinajstić information content (AvgIpc) is 3.05. The predicted octanol–water partition coefficient (Wildman–Crippen LogP) is 2.56. The highest BCUT2D eigenvalue weighted by molar-refractivity contribution is 5.78. The Morgan fingerprint density at radius 2 is 1.67 bits per heavy atom. The Morgan fingerprint density at radius 1 is 1.00 bits per heavy atom. The number of piperidine rings is 1. The van der Waals surface area contributed by atoms with Crippen LogP contribution in [-0.4, -0.2) is 48.4 Å². The van der Waals surface area contributed by atoms with Gasteiger partial charge >= 0.3 is 0 Å². The SMILES string of the molecule is O=C(CN1CCC(Cc2ccccc2)CC1)N1CCCC1. The number of hydrogen-bond donors (Lipinski definition) is 0. The van der Waals surface area contributed by atoms with Crippen LogP contribution in [0.2, 0.25) is 0 Å². The summed E-state index contributed by atoms with van der Waals surface area (Å²) in [7, 11) is 0. The van der Waals surface area contributed by atoms with Crippen LogP contribution >= 0.6 is 0 Å². The lowest BCUT2D eigenvalue weighted by Gasteiger charge is -2.32. The molecule has 2 aliphatic rings. The van der Waals surface area contributed by atoms with Crippen LogP contribution in [0.3, 0.4) is 0 Å². The lowest BCUT2D eigenvalue weighted by atomic mass is 9.90. The Balaban J connectivity index is 1.41. The summed E-state index contributed by atoms with van der Waals surface area (Å²) in [6.07, 6.45) is 6.01. The first kappa shape index (κ1) is 14.6. The maximum absolute atomic E-state index is 12.2. The van der Waals surface area contributed by atoms with E-state index in [1.165, 1.54) is 37.7 Å².